The molecule has 0 radical (unpaired) electrons. The lowest BCUT2D eigenvalue weighted by Crippen LogP contribution is -2.46. The van der Waals surface area contributed by atoms with E-state index >= 15 is 0 Å². The molecule has 3 aromatic carbocycles. The summed E-state index contributed by atoms with van der Waals surface area (Å²) in [5.41, 5.74) is 1.63. The molecule has 0 aliphatic heterocycles. The summed E-state index contributed by atoms with van der Waals surface area (Å²) in [6.07, 6.45) is 1.50. The number of rotatable bonds is 10. The fourth-order valence-electron chi connectivity index (χ4n) is 3.55. The number of hydrogen-bond acceptors (Lipinski definition) is 7. The number of aromatic nitrogens is 4. The molecule has 0 saturated carbocycles. The summed E-state index contributed by atoms with van der Waals surface area (Å²) in [5, 5.41) is 25.7. The summed E-state index contributed by atoms with van der Waals surface area (Å²) >= 11 is 6.10. The predicted molar refractivity (Wildman–Crippen MR) is 140 cm³/mol. The maximum Gasteiger partial charge on any atom is 0.335 e. The summed E-state index contributed by atoms with van der Waals surface area (Å²) in [5.74, 6) is -2.68. The average molecular weight is 553 g/mol. The maximum absolute atomic E-state index is 13.2. The van der Waals surface area contributed by atoms with Crippen molar-refractivity contribution in [3.63, 3.8) is 0 Å². The first-order valence-electron chi connectivity index (χ1n) is 11.2. The molecule has 0 saturated heterocycles. The van der Waals surface area contributed by atoms with E-state index in [1.165, 1.54) is 41.3 Å². The Morgan fingerprint density at radius 2 is 1.76 bits per heavy atom. The number of carboxylic acids is 1. The van der Waals surface area contributed by atoms with Gasteiger partial charge in [0, 0.05) is 17.1 Å². The average Bonchev–Trinajstić information content (AvgIpc) is 3.44. The molecular weight excluding hydrogens is 532 g/mol. The highest BCUT2D eigenvalue weighted by molar-refractivity contribution is 7.86. The molecule has 11 nitrogen and oxygen atoms in total. The van der Waals surface area contributed by atoms with Crippen LogP contribution in [0.2, 0.25) is 5.02 Å². The quantitative estimate of drug-likeness (QED) is 0.271. The zero-order valence-electron chi connectivity index (χ0n) is 19.7. The third-order valence-electron chi connectivity index (χ3n) is 5.36. The van der Waals surface area contributed by atoms with E-state index in [9.17, 15) is 18.6 Å². The molecule has 194 valence electrons. The molecule has 1 heterocycles. The minimum Gasteiger partial charge on any atom is -0.478 e. The van der Waals surface area contributed by atoms with Gasteiger partial charge in [0.05, 0.1) is 26.9 Å². The summed E-state index contributed by atoms with van der Waals surface area (Å²) in [6, 6.07) is 18.4. The minimum absolute atomic E-state index is 0.0710. The Morgan fingerprint density at radius 3 is 2.42 bits per heavy atom. The number of tetrazole rings is 1. The normalized spacial score (nSPS) is 12.3. The Morgan fingerprint density at radius 1 is 1.03 bits per heavy atom. The number of anilines is 1. The summed E-state index contributed by atoms with van der Waals surface area (Å²) < 4.78 is 14.5. The van der Waals surface area contributed by atoms with Crippen LogP contribution in [0.4, 0.5) is 5.69 Å². The van der Waals surface area contributed by atoms with Gasteiger partial charge in [0.1, 0.15) is 18.1 Å². The lowest BCUT2D eigenvalue weighted by molar-refractivity contribution is -0.124. The van der Waals surface area contributed by atoms with Crippen molar-refractivity contribution in [3.8, 4) is 5.69 Å². The number of carboxylic acid groups (broad SMARTS) is 1. The van der Waals surface area contributed by atoms with E-state index in [0.29, 0.717) is 16.4 Å². The van der Waals surface area contributed by atoms with Gasteiger partial charge in [-0.05, 0) is 58.5 Å². The number of aromatic carboxylic acids is 1. The van der Waals surface area contributed by atoms with Gasteiger partial charge < -0.3 is 15.7 Å². The van der Waals surface area contributed by atoms with Gasteiger partial charge in [-0.25, -0.2) is 4.79 Å². The second-order valence-corrected chi connectivity index (χ2v) is 9.89. The topological polar surface area (TPSA) is 156 Å². The van der Waals surface area contributed by atoms with Crippen LogP contribution in [0.5, 0.6) is 0 Å². The highest BCUT2D eigenvalue weighted by Gasteiger charge is 2.24. The number of halogens is 1. The number of benzene rings is 3. The maximum atomic E-state index is 13.2. The minimum atomic E-state index is -1.84. The molecule has 3 N–H and O–H groups in total. The Hall–Kier alpha value is -4.42. The largest absolute Gasteiger partial charge is 0.478 e. The molecule has 38 heavy (non-hydrogen) atoms. The molecule has 4 aromatic rings. The van der Waals surface area contributed by atoms with Gasteiger partial charge in [-0.15, -0.1) is 5.10 Å². The third-order valence-corrected chi connectivity index (χ3v) is 6.94. The van der Waals surface area contributed by atoms with Gasteiger partial charge in [-0.1, -0.05) is 41.9 Å². The zero-order chi connectivity index (χ0) is 27.1. The van der Waals surface area contributed by atoms with Crippen molar-refractivity contribution < 1.29 is 23.7 Å². The van der Waals surface area contributed by atoms with E-state index < -0.39 is 40.4 Å². The Bertz CT molecular complexity index is 1470. The van der Waals surface area contributed by atoms with E-state index in [-0.39, 0.29) is 16.9 Å². The summed E-state index contributed by atoms with van der Waals surface area (Å²) in [6.45, 7) is 0. The van der Waals surface area contributed by atoms with Crippen molar-refractivity contribution in [1.29, 1.82) is 0 Å². The molecule has 0 aliphatic rings. The molecule has 2 atom stereocenters. The van der Waals surface area contributed by atoms with Crippen molar-refractivity contribution in [2.75, 3.05) is 11.1 Å². The zero-order valence-corrected chi connectivity index (χ0v) is 21.2. The van der Waals surface area contributed by atoms with Gasteiger partial charge in [0.2, 0.25) is 11.8 Å². The molecule has 2 amide bonds. The molecule has 4 rings (SSSR count). The van der Waals surface area contributed by atoms with Crippen LogP contribution < -0.4 is 10.6 Å². The monoisotopic (exact) mass is 552 g/mol. The smallest absolute Gasteiger partial charge is 0.335 e. The lowest BCUT2D eigenvalue weighted by Gasteiger charge is -2.19. The molecule has 0 spiro atoms. The Balaban J connectivity index is 1.50. The van der Waals surface area contributed by atoms with E-state index in [4.69, 9.17) is 16.7 Å². The molecule has 0 bridgehead atoms. The first-order valence-corrected chi connectivity index (χ1v) is 12.9. The van der Waals surface area contributed by atoms with E-state index in [2.05, 4.69) is 26.2 Å². The summed E-state index contributed by atoms with van der Waals surface area (Å²) in [7, 11) is -1.84. The molecule has 0 fully saturated rings. The second kappa shape index (κ2) is 12.2. The van der Waals surface area contributed by atoms with Crippen molar-refractivity contribution in [3.05, 3.63) is 95.3 Å². The third kappa shape index (κ3) is 6.87. The van der Waals surface area contributed by atoms with Gasteiger partial charge in [-0.2, -0.15) is 4.68 Å². The van der Waals surface area contributed by atoms with Gasteiger partial charge >= 0.3 is 5.97 Å². The molecule has 1 unspecified atom stereocenters. The van der Waals surface area contributed by atoms with Gasteiger partial charge in [0.15, 0.2) is 0 Å². The van der Waals surface area contributed by atoms with Crippen molar-refractivity contribution in [2.45, 2.75) is 17.4 Å². The van der Waals surface area contributed by atoms with Crippen LogP contribution in [0.25, 0.3) is 5.69 Å². The van der Waals surface area contributed by atoms with Crippen molar-refractivity contribution in [1.82, 2.24) is 25.5 Å². The number of carbonyl (C=O) groups is 3. The molecule has 1 aromatic heterocycles. The first-order chi connectivity index (χ1) is 18.3. The van der Waals surface area contributed by atoms with Crippen LogP contribution in [-0.4, -0.2) is 59.1 Å². The predicted octanol–water partition coefficient (Wildman–Crippen LogP) is 2.49. The van der Waals surface area contributed by atoms with Gasteiger partial charge in [0.25, 0.3) is 0 Å². The Kier molecular flexibility index (Phi) is 8.56. The second-order valence-electron chi connectivity index (χ2n) is 8.04. The standard InChI is InChI=1S/C25H21ClN6O5S/c26-18-8-11-21(32-15-27-30-31-32)22(13-18)38(37)14-23(33)29-20(12-16-4-2-1-3-5-16)24(34)28-19-9-6-17(7-10-19)25(35)36/h1-11,13,15,20H,12,14H2,(H,28,34)(H,29,33)(H,35,36)/t20-,38?/m0/s1. The fraction of sp³-hybridized carbons (Fsp3) is 0.120. The molecule has 13 heteroatoms. The highest BCUT2D eigenvalue weighted by Crippen LogP contribution is 2.22. The van der Waals surface area contributed by atoms with E-state index in [1.807, 2.05) is 30.3 Å². The van der Waals surface area contributed by atoms with E-state index in [0.717, 1.165) is 5.56 Å². The van der Waals surface area contributed by atoms with Crippen LogP contribution in [0.1, 0.15) is 15.9 Å². The number of amides is 2. The molecular formula is C25H21ClN6O5S. The Labute approximate surface area is 224 Å². The SMILES string of the molecule is O=C(CS(=O)c1cc(Cl)ccc1-n1cnnn1)N[C@@H](Cc1ccccc1)C(=O)Nc1ccc(C(=O)O)cc1. The van der Waals surface area contributed by atoms with E-state index in [1.54, 1.807) is 12.1 Å². The highest BCUT2D eigenvalue weighted by atomic mass is 35.5. The number of nitrogens with zero attached hydrogens (tertiary/aromatic N) is 4. The van der Waals surface area contributed by atoms with Gasteiger partial charge in [-0.3, -0.25) is 13.8 Å². The van der Waals surface area contributed by atoms with Crippen LogP contribution in [0, 0.1) is 0 Å². The van der Waals surface area contributed by atoms with Crippen LogP contribution >= 0.6 is 11.6 Å². The summed E-state index contributed by atoms with van der Waals surface area (Å²) in [4.78, 5) is 37.4. The number of carbonyl (C=O) groups excluding carboxylic acids is 2. The van der Waals surface area contributed by atoms with Crippen molar-refractivity contribution >= 4 is 45.9 Å². The van der Waals surface area contributed by atoms with Crippen molar-refractivity contribution in [2.24, 2.45) is 0 Å². The van der Waals surface area contributed by atoms with Crippen LogP contribution in [-0.2, 0) is 26.8 Å². The fourth-order valence-corrected chi connectivity index (χ4v) is 4.92. The first kappa shape index (κ1) is 26.6. The lowest BCUT2D eigenvalue weighted by atomic mass is 10.0. The van der Waals surface area contributed by atoms with Crippen LogP contribution in [0.15, 0.2) is 84.0 Å². The number of nitrogens with one attached hydrogen (secondary N) is 2. The molecule has 0 aliphatic carbocycles. The van der Waals surface area contributed by atoms with Crippen LogP contribution in [0.3, 0.4) is 0 Å². The number of hydrogen-bond donors (Lipinski definition) is 3.